The van der Waals surface area contributed by atoms with E-state index in [9.17, 15) is 14.4 Å². The van der Waals surface area contributed by atoms with Gasteiger partial charge in [-0.05, 0) is 226 Å². The number of rotatable bonds is 56. The Hall–Kier alpha value is -10.5. The number of nitrogens with one attached hydrogen (secondary N) is 1. The first-order valence-corrected chi connectivity index (χ1v) is 46.7. The van der Waals surface area contributed by atoms with Crippen LogP contribution in [0.15, 0.2) is 194 Å². The van der Waals surface area contributed by atoms with Crippen LogP contribution in [-0.4, -0.2) is 256 Å². The summed E-state index contributed by atoms with van der Waals surface area (Å²) in [6.07, 6.45) is 3.54. The number of carbonyl (C=O) groups is 12. The Labute approximate surface area is 816 Å². The number of nitrogens with two attached hydrogens (primary N) is 5. The molecule has 0 saturated carbocycles. The maximum Gasteiger partial charge on any atom is 0.242 e. The number of unbranched alkanes of at least 4 members (excludes halogenated alkanes) is 4. The van der Waals surface area contributed by atoms with Gasteiger partial charge in [0.15, 0.2) is 0 Å². The second-order valence-electron chi connectivity index (χ2n) is 32.1. The van der Waals surface area contributed by atoms with Crippen molar-refractivity contribution < 1.29 is 57.5 Å². The van der Waals surface area contributed by atoms with Gasteiger partial charge >= 0.3 is 0 Å². The van der Waals surface area contributed by atoms with Crippen molar-refractivity contribution in [3.63, 3.8) is 0 Å². The maximum absolute atomic E-state index is 15.7. The molecule has 8 aromatic rings. The minimum Gasteiger partial charge on any atom is -0.368 e. The van der Waals surface area contributed by atoms with Crippen molar-refractivity contribution >= 4 is 164 Å². The van der Waals surface area contributed by atoms with E-state index in [1.165, 1.54) is 53.9 Å². The molecule has 0 aliphatic carbocycles. The van der Waals surface area contributed by atoms with Crippen LogP contribution in [0.5, 0.6) is 0 Å². The molecule has 0 aromatic heterocycles. The summed E-state index contributed by atoms with van der Waals surface area (Å²) in [6.45, 7) is -6.72. The lowest BCUT2D eigenvalue weighted by Crippen LogP contribution is -2.52. The number of carbonyl (C=O) groups excluding carboxylic acids is 12. The fourth-order valence-corrected chi connectivity index (χ4v) is 15.1. The molecule has 712 valence electrons. The zero-order valence-electron chi connectivity index (χ0n) is 74.2. The van der Waals surface area contributed by atoms with Crippen molar-refractivity contribution in [2.75, 3.05) is 131 Å². The molecule has 0 aliphatic heterocycles. The lowest BCUT2D eigenvalue weighted by atomic mass is 10.1. The van der Waals surface area contributed by atoms with Crippen molar-refractivity contribution in [3.05, 3.63) is 279 Å². The summed E-state index contributed by atoms with van der Waals surface area (Å²) >= 11 is 50.8. The number of benzene rings is 8. The zero-order chi connectivity index (χ0) is 96.3. The van der Waals surface area contributed by atoms with Gasteiger partial charge in [0, 0.05) is 112 Å². The van der Waals surface area contributed by atoms with Gasteiger partial charge in [0.05, 0.1) is 32.7 Å². The predicted molar refractivity (Wildman–Crippen MR) is 520 cm³/mol. The fraction of sp³-hybridized carbons (Fsp3) is 0.375. The van der Waals surface area contributed by atoms with Gasteiger partial charge in [0.25, 0.3) is 0 Å². The van der Waals surface area contributed by atoms with Gasteiger partial charge in [0.1, 0.15) is 45.8 Å². The van der Waals surface area contributed by atoms with Gasteiger partial charge in [-0.1, -0.05) is 190 Å². The van der Waals surface area contributed by atoms with Crippen LogP contribution in [0.2, 0.25) is 40.2 Å². The molecular weight excluding hydrogens is 1870 g/mol. The number of amides is 12. The van der Waals surface area contributed by atoms with Crippen LogP contribution in [0.3, 0.4) is 0 Å². The summed E-state index contributed by atoms with van der Waals surface area (Å²) in [7, 11) is 0. The third-order valence-corrected chi connectivity index (χ3v) is 23.5. The van der Waals surface area contributed by atoms with E-state index in [-0.39, 0.29) is 105 Å². The molecular formula is C96H115Cl8N17O12. The van der Waals surface area contributed by atoms with Crippen molar-refractivity contribution in [3.8, 4) is 0 Å². The third-order valence-electron chi connectivity index (χ3n) is 21.5. The van der Waals surface area contributed by atoms with E-state index in [0.29, 0.717) is 136 Å². The van der Waals surface area contributed by atoms with Gasteiger partial charge in [0.2, 0.25) is 70.9 Å². The molecule has 0 atom stereocenters. The van der Waals surface area contributed by atoms with E-state index in [0.717, 1.165) is 6.42 Å². The normalized spacial score (nSPS) is 11.0. The molecule has 0 fully saturated rings. The van der Waals surface area contributed by atoms with Crippen LogP contribution in [-0.2, 0) is 110 Å². The molecule has 29 nitrogen and oxygen atoms in total. The Morgan fingerprint density at radius 2 is 0.353 bits per heavy atom. The molecule has 37 heteroatoms. The Balaban J connectivity index is 1.09. The van der Waals surface area contributed by atoms with E-state index in [2.05, 4.69) is 5.32 Å². The zero-order valence-corrected chi connectivity index (χ0v) is 80.2. The first-order valence-electron chi connectivity index (χ1n) is 43.6. The molecule has 8 rings (SSSR count). The number of primary amides is 1. The molecule has 0 radical (unpaired) electrons. The van der Waals surface area contributed by atoms with Crippen LogP contribution in [0.4, 0.5) is 0 Å². The van der Waals surface area contributed by atoms with Crippen LogP contribution < -0.4 is 34.0 Å². The Bertz CT molecular complexity index is 5060. The highest BCUT2D eigenvalue weighted by molar-refractivity contribution is 6.32. The van der Waals surface area contributed by atoms with Crippen molar-refractivity contribution in [2.45, 2.75) is 104 Å². The van der Waals surface area contributed by atoms with Gasteiger partial charge in [-0.15, -0.1) is 0 Å². The predicted octanol–water partition coefficient (Wildman–Crippen LogP) is 11.0. The van der Waals surface area contributed by atoms with Gasteiger partial charge < -0.3 is 87.9 Å². The second-order valence-corrected chi connectivity index (χ2v) is 35.6. The minimum absolute atomic E-state index is 0.0110. The molecule has 0 aliphatic rings. The van der Waals surface area contributed by atoms with E-state index >= 15 is 43.2 Å². The molecule has 8 aromatic carbocycles. The lowest BCUT2D eigenvalue weighted by Gasteiger charge is -2.33. The van der Waals surface area contributed by atoms with Crippen molar-refractivity contribution in [1.29, 1.82) is 0 Å². The smallest absolute Gasteiger partial charge is 0.242 e. The summed E-state index contributed by atoms with van der Waals surface area (Å²) in [5, 5.41) is 6.34. The molecule has 0 unspecified atom stereocenters. The summed E-state index contributed by atoms with van der Waals surface area (Å²) in [5.41, 5.74) is 34.0. The average molecular weight is 1980 g/mol. The minimum atomic E-state index is -0.815. The molecule has 0 saturated heterocycles. The lowest BCUT2D eigenvalue weighted by molar-refractivity contribution is -0.150. The van der Waals surface area contributed by atoms with Crippen LogP contribution in [0.25, 0.3) is 0 Å². The van der Waals surface area contributed by atoms with Crippen LogP contribution >= 0.6 is 92.8 Å². The van der Waals surface area contributed by atoms with E-state index < -0.39 is 143 Å². The highest BCUT2D eigenvalue weighted by Crippen LogP contribution is 2.24. The fourth-order valence-electron chi connectivity index (χ4n) is 14.1. The highest BCUT2D eigenvalue weighted by Gasteiger charge is 2.35. The summed E-state index contributed by atoms with van der Waals surface area (Å²) < 4.78 is 0. The molecule has 12 amide bonds. The number of hydrogen-bond acceptors (Lipinski definition) is 17. The van der Waals surface area contributed by atoms with E-state index in [1.807, 2.05) is 0 Å². The Kier molecular flexibility index (Phi) is 46.5. The monoisotopic (exact) mass is 1980 g/mol. The molecule has 133 heavy (non-hydrogen) atoms. The Morgan fingerprint density at radius 3 is 0.526 bits per heavy atom. The van der Waals surface area contributed by atoms with Gasteiger partial charge in [-0.3, -0.25) is 57.5 Å². The van der Waals surface area contributed by atoms with Crippen molar-refractivity contribution in [1.82, 2.24) is 59.2 Å². The molecule has 0 spiro atoms. The number of halogens is 8. The number of nitrogens with zero attached hydrogens (tertiary/aromatic N) is 11. The maximum atomic E-state index is 15.7. The SMILES string of the molecule is NCCCCNCC(=O)N(CC(=O)N(CC(=O)N(CCCCN)CC(=O)N(CC(=O)N(CC(=O)N(CCCCN)CC(=O)N(CC(=O)N(CC(=O)N(CCCCN)CC(=O)N(CC(=O)N(CC(N)=O)Cc1ccc(Cl)cc1)Cc1ccc(Cl)cc1)Cc1ccc(Cl)cc1)Cc1ccc(Cl)cc1)Cc1ccc(Cl)cc1)Cc1ccc(Cl)cc1)Cc1ccc(Cl)cc1)Cc1ccc(Cl)cc1. The molecule has 0 heterocycles. The standard InChI is InChI=1S/C96H115Cl8N17O12/c97-77-25-9-69(10-26-77)50-114(58-85(109)122)93(130)66-119(55-74-19-35-82(102)36-20-74)90(127)59-111(46-6-2-42-106)88(125)63-117(53-72-15-31-80(100)32-16-72)95(132)68-121(57-76-23-39-84(104)40-24-76)92(129)61-113(48-8-4-44-108)89(126)64-118(54-73-17-33-81(101)34-18-73)96(133)67-120(56-75-21-37-83(103)38-22-75)91(128)60-112(47-7-3-43-107)87(124)62-116(52-71-13-29-79(99)30-14-71)94(131)65-115(51-70-11-27-78(98)28-12-70)86(123)49-110-45-5-1-41-105/h9-40,110H,1-8,41-68,105-108H2,(H2,109,122). The van der Waals surface area contributed by atoms with Crippen LogP contribution in [0.1, 0.15) is 95.9 Å². The van der Waals surface area contributed by atoms with E-state index in [4.69, 9.17) is 121 Å². The van der Waals surface area contributed by atoms with Crippen LogP contribution in [0, 0.1) is 0 Å². The third kappa shape index (κ3) is 38.8. The largest absolute Gasteiger partial charge is 0.368 e. The van der Waals surface area contributed by atoms with Gasteiger partial charge in [-0.2, -0.15) is 0 Å². The molecule has 0 bridgehead atoms. The summed E-state index contributed by atoms with van der Waals surface area (Å²) in [6, 6.07) is 52.7. The average Bonchev–Trinajstić information content (AvgIpc) is 0.844. The Morgan fingerprint density at radius 1 is 0.203 bits per heavy atom. The topological polar surface area (TPSA) is 383 Å². The van der Waals surface area contributed by atoms with Gasteiger partial charge in [-0.25, -0.2) is 0 Å². The van der Waals surface area contributed by atoms with E-state index in [1.54, 1.807) is 194 Å². The summed E-state index contributed by atoms with van der Waals surface area (Å²) in [4.78, 5) is 194. The second kappa shape index (κ2) is 57.3. The van der Waals surface area contributed by atoms with Crippen molar-refractivity contribution in [2.24, 2.45) is 28.7 Å². The number of hydrogen-bond donors (Lipinski definition) is 6. The highest BCUT2D eigenvalue weighted by atomic mass is 35.5. The quantitative estimate of drug-likeness (QED) is 0.0193. The first kappa shape index (κ1) is 108. The summed E-state index contributed by atoms with van der Waals surface area (Å²) in [5.74, 6) is -8.24. The first-order chi connectivity index (χ1) is 63.8. The molecule has 11 N–H and O–H groups in total.